The lowest BCUT2D eigenvalue weighted by Gasteiger charge is -2.49. The highest BCUT2D eigenvalue weighted by Crippen LogP contribution is 2.40. The van der Waals surface area contributed by atoms with Crippen LogP contribution in [0.3, 0.4) is 0 Å². The van der Waals surface area contributed by atoms with Crippen molar-refractivity contribution in [2.24, 2.45) is 29.2 Å². The van der Waals surface area contributed by atoms with E-state index in [2.05, 4.69) is 10.6 Å². The van der Waals surface area contributed by atoms with E-state index in [1.165, 1.54) is 13.8 Å². The van der Waals surface area contributed by atoms with E-state index < -0.39 is 104 Å². The van der Waals surface area contributed by atoms with Crippen molar-refractivity contribution in [1.29, 1.82) is 0 Å². The SMILES string of the molecule is CCC1CC(C(=O)NCCN)C[C@@H](O[C@@H]2O[C@@H](CO)[C@H](O)C(O[C@@H](CC3CCCCC3)C(N)=O)C2NC(C)=O)[C@@H]1OC1O[C@@H](C)C(O)[C@H](O)[C@@H]1O. The monoisotopic (exact) mass is 732 g/mol. The summed E-state index contributed by atoms with van der Waals surface area (Å²) in [6.45, 7) is 4.51. The van der Waals surface area contributed by atoms with Gasteiger partial charge >= 0.3 is 0 Å². The van der Waals surface area contributed by atoms with Crippen LogP contribution in [0.1, 0.15) is 78.6 Å². The average Bonchev–Trinajstić information content (AvgIpc) is 3.11. The molecule has 2 aliphatic carbocycles. The number of nitrogens with two attached hydrogens (primary N) is 2. The third-order valence-electron chi connectivity index (χ3n) is 10.8. The number of rotatable bonds is 15. The van der Waals surface area contributed by atoms with Crippen LogP contribution in [0.15, 0.2) is 0 Å². The molecule has 0 aromatic rings. The molecule has 294 valence electrons. The third kappa shape index (κ3) is 10.6. The van der Waals surface area contributed by atoms with Gasteiger partial charge in [-0.25, -0.2) is 0 Å². The number of carbonyl (C=O) groups excluding carboxylic acids is 3. The van der Waals surface area contributed by atoms with Gasteiger partial charge in [0, 0.05) is 25.9 Å². The summed E-state index contributed by atoms with van der Waals surface area (Å²) < 4.78 is 31.0. The van der Waals surface area contributed by atoms with Crippen molar-refractivity contribution in [3.8, 4) is 0 Å². The molecular weight excluding hydrogens is 672 g/mol. The molecule has 11 N–H and O–H groups in total. The number of primary amides is 1. The normalized spacial score (nSPS) is 39.9. The van der Waals surface area contributed by atoms with E-state index in [0.717, 1.165) is 32.1 Å². The first-order chi connectivity index (χ1) is 24.3. The molecular formula is C34H60N4O13. The van der Waals surface area contributed by atoms with E-state index in [1.807, 2.05) is 6.92 Å². The summed E-state index contributed by atoms with van der Waals surface area (Å²) in [4.78, 5) is 38.6. The Labute approximate surface area is 299 Å². The second kappa shape index (κ2) is 19.3. The minimum atomic E-state index is -1.61. The standard InChI is InChI=1S/C34H60N4O13/c1-4-19-13-20(32(46)37-11-10-35)14-21(29(19)51-34-28(44)27(43)25(41)16(2)47-34)49-33-24(38-17(3)40)30(26(42)23(15-39)50-33)48-22(31(36)45)12-18-8-6-5-7-9-18/h16,18-30,33-34,39,41-44H,4-15,35H2,1-3H3,(H2,36,45)(H,37,46)(H,38,40)/t16-,19?,20?,21+,22-,23-,24?,25?,26-,27-,28-,29+,30?,33+,34?/m0/s1. The second-order valence-corrected chi connectivity index (χ2v) is 14.5. The number of aliphatic hydroxyl groups is 5. The number of aliphatic hydroxyl groups excluding tert-OH is 5. The van der Waals surface area contributed by atoms with Crippen molar-refractivity contribution in [1.82, 2.24) is 10.6 Å². The van der Waals surface area contributed by atoms with Crippen LogP contribution >= 0.6 is 0 Å². The van der Waals surface area contributed by atoms with Crippen LogP contribution in [0.2, 0.25) is 0 Å². The largest absolute Gasteiger partial charge is 0.394 e. The first kappa shape index (κ1) is 41.7. The summed E-state index contributed by atoms with van der Waals surface area (Å²) in [6, 6.07) is -1.21. The van der Waals surface area contributed by atoms with Gasteiger partial charge in [-0.15, -0.1) is 0 Å². The molecule has 15 atom stereocenters. The van der Waals surface area contributed by atoms with Crippen molar-refractivity contribution in [3.63, 3.8) is 0 Å². The molecule has 17 heteroatoms. The molecule has 17 nitrogen and oxygen atoms in total. The Hall–Kier alpha value is -2.03. The molecule has 0 spiro atoms. The summed E-state index contributed by atoms with van der Waals surface area (Å²) in [6.07, 6.45) is -8.98. The van der Waals surface area contributed by atoms with Crippen molar-refractivity contribution in [3.05, 3.63) is 0 Å². The molecule has 0 bridgehead atoms. The van der Waals surface area contributed by atoms with Gasteiger partial charge in [0.15, 0.2) is 12.6 Å². The zero-order valence-electron chi connectivity index (χ0n) is 29.9. The number of hydrogen-bond acceptors (Lipinski definition) is 14. The van der Waals surface area contributed by atoms with Crippen LogP contribution in [0.5, 0.6) is 0 Å². The van der Waals surface area contributed by atoms with Crippen molar-refractivity contribution >= 4 is 17.7 Å². The Morgan fingerprint density at radius 3 is 2.24 bits per heavy atom. The quantitative estimate of drug-likeness (QED) is 0.0872. The molecule has 0 radical (unpaired) electrons. The highest BCUT2D eigenvalue weighted by Gasteiger charge is 2.52. The van der Waals surface area contributed by atoms with Gasteiger partial charge in [0.2, 0.25) is 17.7 Å². The molecule has 4 fully saturated rings. The lowest BCUT2D eigenvalue weighted by atomic mass is 9.75. The minimum absolute atomic E-state index is 0.0806. The van der Waals surface area contributed by atoms with Gasteiger partial charge in [-0.3, -0.25) is 14.4 Å². The molecule has 4 rings (SSSR count). The van der Waals surface area contributed by atoms with E-state index in [1.54, 1.807) is 0 Å². The summed E-state index contributed by atoms with van der Waals surface area (Å²) in [5.74, 6) is -2.25. The topological polar surface area (TPSA) is 275 Å². The van der Waals surface area contributed by atoms with E-state index in [4.69, 9.17) is 35.2 Å². The zero-order chi connectivity index (χ0) is 37.4. The Morgan fingerprint density at radius 2 is 1.63 bits per heavy atom. The van der Waals surface area contributed by atoms with Gasteiger partial charge in [-0.1, -0.05) is 45.4 Å². The fourth-order valence-corrected chi connectivity index (χ4v) is 7.94. The number of nitrogens with one attached hydrogen (secondary N) is 2. The van der Waals surface area contributed by atoms with E-state index in [-0.39, 0.29) is 37.3 Å². The smallest absolute Gasteiger partial charge is 0.246 e. The van der Waals surface area contributed by atoms with E-state index in [0.29, 0.717) is 19.3 Å². The molecule has 4 aliphatic rings. The van der Waals surface area contributed by atoms with Gasteiger partial charge in [-0.05, 0) is 38.0 Å². The first-order valence-electron chi connectivity index (χ1n) is 18.4. The molecule has 2 saturated carbocycles. The maximum Gasteiger partial charge on any atom is 0.246 e. The van der Waals surface area contributed by atoms with E-state index in [9.17, 15) is 39.9 Å². The van der Waals surface area contributed by atoms with Crippen molar-refractivity contribution in [2.45, 2.75) is 158 Å². The molecule has 2 heterocycles. The molecule has 2 aliphatic heterocycles. The molecule has 51 heavy (non-hydrogen) atoms. The molecule has 2 saturated heterocycles. The van der Waals surface area contributed by atoms with Gasteiger partial charge < -0.3 is 71.3 Å². The number of ether oxygens (including phenoxy) is 5. The Balaban J connectivity index is 1.66. The van der Waals surface area contributed by atoms with Crippen LogP contribution in [0, 0.1) is 17.8 Å². The van der Waals surface area contributed by atoms with Crippen LogP contribution in [-0.4, -0.2) is 143 Å². The summed E-state index contributed by atoms with van der Waals surface area (Å²) >= 11 is 0. The minimum Gasteiger partial charge on any atom is -0.394 e. The van der Waals surface area contributed by atoms with E-state index >= 15 is 0 Å². The Kier molecular flexibility index (Phi) is 15.8. The summed E-state index contributed by atoms with van der Waals surface area (Å²) in [5.41, 5.74) is 11.4. The fourth-order valence-electron chi connectivity index (χ4n) is 7.94. The van der Waals surface area contributed by atoms with Crippen LogP contribution < -0.4 is 22.1 Å². The molecule has 3 amide bonds. The highest BCUT2D eigenvalue weighted by molar-refractivity contribution is 5.79. The van der Waals surface area contributed by atoms with Gasteiger partial charge in [0.25, 0.3) is 0 Å². The molecule has 0 aromatic heterocycles. The van der Waals surface area contributed by atoms with Gasteiger partial charge in [0.1, 0.15) is 48.8 Å². The second-order valence-electron chi connectivity index (χ2n) is 14.5. The van der Waals surface area contributed by atoms with Crippen LogP contribution in [0.25, 0.3) is 0 Å². The Morgan fingerprint density at radius 1 is 0.922 bits per heavy atom. The summed E-state index contributed by atoms with van der Waals surface area (Å²) in [5, 5.41) is 58.8. The Bertz CT molecular complexity index is 1130. The maximum absolute atomic E-state index is 13.3. The van der Waals surface area contributed by atoms with Gasteiger partial charge in [0.05, 0.1) is 24.9 Å². The van der Waals surface area contributed by atoms with Crippen LogP contribution in [0.4, 0.5) is 0 Å². The summed E-state index contributed by atoms with van der Waals surface area (Å²) in [7, 11) is 0. The predicted molar refractivity (Wildman–Crippen MR) is 179 cm³/mol. The van der Waals surface area contributed by atoms with Gasteiger partial charge in [-0.2, -0.15) is 0 Å². The highest BCUT2D eigenvalue weighted by atomic mass is 16.7. The first-order valence-corrected chi connectivity index (χ1v) is 18.4. The zero-order valence-corrected chi connectivity index (χ0v) is 29.9. The lowest BCUT2D eigenvalue weighted by Crippen LogP contribution is -2.67. The van der Waals surface area contributed by atoms with Crippen molar-refractivity contribution < 1.29 is 63.6 Å². The fraction of sp³-hybridized carbons (Fsp3) is 0.912. The average molecular weight is 733 g/mol. The maximum atomic E-state index is 13.3. The number of carbonyl (C=O) groups is 3. The molecule has 0 aromatic carbocycles. The lowest BCUT2D eigenvalue weighted by molar-refractivity contribution is -0.338. The number of hydrogen-bond donors (Lipinski definition) is 9. The van der Waals surface area contributed by atoms with Crippen molar-refractivity contribution in [2.75, 3.05) is 19.7 Å². The third-order valence-corrected chi connectivity index (χ3v) is 10.8. The predicted octanol–water partition coefficient (Wildman–Crippen LogP) is -2.11. The number of amides is 3. The molecule has 6 unspecified atom stereocenters. The van der Waals surface area contributed by atoms with Crippen LogP contribution in [-0.2, 0) is 38.1 Å².